The fraction of sp³-hybridized carbons (Fsp3) is 0.276. The van der Waals surface area contributed by atoms with Crippen molar-refractivity contribution < 1.29 is 9.90 Å². The third-order valence-electron chi connectivity index (χ3n) is 6.66. The maximum absolute atomic E-state index is 12.8. The number of hydrogen-bond acceptors (Lipinski definition) is 3. The first kappa shape index (κ1) is 22.1. The molecule has 3 aromatic carbocycles. The van der Waals surface area contributed by atoms with E-state index in [1.54, 1.807) is 4.57 Å². The van der Waals surface area contributed by atoms with Crippen LogP contribution < -0.4 is 0 Å². The Kier molecular flexibility index (Phi) is 5.56. The first-order valence-corrected chi connectivity index (χ1v) is 11.7. The summed E-state index contributed by atoms with van der Waals surface area (Å²) < 4.78 is 1.81. The molecule has 4 aromatic rings. The Hall–Kier alpha value is -3.73. The van der Waals surface area contributed by atoms with Gasteiger partial charge in [-0.25, -0.2) is 0 Å². The number of para-hydroxylation sites is 1. The summed E-state index contributed by atoms with van der Waals surface area (Å²) in [7, 11) is 0. The molecule has 1 aromatic heterocycles. The summed E-state index contributed by atoms with van der Waals surface area (Å²) in [5.74, 6) is -0.173. The number of fused-ring (bicyclic) bond motifs is 1. The van der Waals surface area contributed by atoms with Gasteiger partial charge in [-0.1, -0.05) is 93.6 Å². The predicted molar refractivity (Wildman–Crippen MR) is 135 cm³/mol. The number of benzene rings is 3. The van der Waals surface area contributed by atoms with Gasteiger partial charge in [0.15, 0.2) is 5.69 Å². The van der Waals surface area contributed by atoms with E-state index in [0.29, 0.717) is 12.2 Å². The molecule has 1 aliphatic carbocycles. The second kappa shape index (κ2) is 8.56. The van der Waals surface area contributed by atoms with Crippen LogP contribution in [0.1, 0.15) is 49.8 Å². The lowest BCUT2D eigenvalue weighted by Crippen LogP contribution is -2.10. The summed E-state index contributed by atoms with van der Waals surface area (Å²) in [5.41, 5.74) is 4.81. The number of azo groups is 1. The molecule has 5 rings (SSSR count). The molecule has 1 aliphatic rings. The maximum Gasteiger partial charge on any atom is 0.268 e. The van der Waals surface area contributed by atoms with E-state index in [0.717, 1.165) is 22.9 Å². The number of nitrogens with zero attached hydrogens (tertiary/aromatic N) is 3. The number of rotatable bonds is 5. The highest BCUT2D eigenvalue weighted by Crippen LogP contribution is 2.49. The maximum atomic E-state index is 12.8. The predicted octanol–water partition coefficient (Wildman–Crippen LogP) is 7.11. The van der Waals surface area contributed by atoms with Crippen molar-refractivity contribution in [1.29, 1.82) is 0 Å². The van der Waals surface area contributed by atoms with Gasteiger partial charge in [0.05, 0.1) is 12.1 Å². The number of aromatic hydroxyl groups is 1. The Labute approximate surface area is 199 Å². The minimum atomic E-state index is -0.232. The quantitative estimate of drug-likeness (QED) is 0.329. The van der Waals surface area contributed by atoms with Crippen LogP contribution in [-0.4, -0.2) is 15.6 Å². The topological polar surface area (TPSA) is 66.9 Å². The number of amides is 1. The molecule has 0 spiro atoms. The molecule has 172 valence electrons. The van der Waals surface area contributed by atoms with E-state index >= 15 is 0 Å². The minimum Gasteiger partial charge on any atom is -0.493 e. The van der Waals surface area contributed by atoms with Crippen molar-refractivity contribution >= 4 is 22.5 Å². The zero-order valence-electron chi connectivity index (χ0n) is 19.8. The number of aromatic nitrogens is 1. The Bertz CT molecular complexity index is 1360. The summed E-state index contributed by atoms with van der Waals surface area (Å²) in [6, 6.07) is 26.1. The lowest BCUT2D eigenvalue weighted by Gasteiger charge is -2.19. The zero-order valence-corrected chi connectivity index (χ0v) is 19.8. The molecule has 2 atom stereocenters. The largest absolute Gasteiger partial charge is 0.493 e. The molecule has 34 heavy (non-hydrogen) atoms. The van der Waals surface area contributed by atoms with Crippen molar-refractivity contribution in [3.63, 3.8) is 0 Å². The highest BCUT2D eigenvalue weighted by molar-refractivity contribution is 5.95. The van der Waals surface area contributed by atoms with Crippen molar-refractivity contribution in [3.8, 4) is 5.88 Å². The van der Waals surface area contributed by atoms with Gasteiger partial charge in [-0.2, -0.15) is 0 Å². The van der Waals surface area contributed by atoms with E-state index in [-0.39, 0.29) is 29.0 Å². The fourth-order valence-electron chi connectivity index (χ4n) is 4.54. The molecular weight excluding hydrogens is 422 g/mol. The van der Waals surface area contributed by atoms with Gasteiger partial charge in [0.1, 0.15) is 0 Å². The lowest BCUT2D eigenvalue weighted by atomic mass is 9.86. The molecule has 1 fully saturated rings. The number of hydrogen-bond donors (Lipinski definition) is 1. The first-order valence-electron chi connectivity index (χ1n) is 11.7. The number of carbonyl (C=O) groups excluding carboxylic acids is 1. The monoisotopic (exact) mass is 451 g/mol. The fourth-order valence-corrected chi connectivity index (χ4v) is 4.54. The average Bonchev–Trinajstić information content (AvgIpc) is 3.59. The van der Waals surface area contributed by atoms with Crippen molar-refractivity contribution in [1.82, 2.24) is 4.57 Å². The molecule has 0 unspecified atom stereocenters. The number of carbonyl (C=O) groups is 1. The smallest absolute Gasteiger partial charge is 0.268 e. The van der Waals surface area contributed by atoms with Crippen molar-refractivity contribution in [2.24, 2.45) is 16.1 Å². The molecule has 0 radical (unpaired) electrons. The van der Waals surface area contributed by atoms with Gasteiger partial charge in [0.25, 0.3) is 5.91 Å². The van der Waals surface area contributed by atoms with E-state index in [2.05, 4.69) is 55.3 Å². The van der Waals surface area contributed by atoms with Crippen molar-refractivity contribution in [3.05, 3.63) is 95.6 Å². The van der Waals surface area contributed by atoms with Crippen LogP contribution in [0.25, 0.3) is 10.9 Å². The summed E-state index contributed by atoms with van der Waals surface area (Å²) in [5, 5.41) is 20.0. The normalized spacial score (nSPS) is 18.0. The Morgan fingerprint density at radius 1 is 0.971 bits per heavy atom. The second-order valence-electron chi connectivity index (χ2n) is 10.1. The molecule has 1 saturated carbocycles. The molecule has 1 N–H and O–H groups in total. The Morgan fingerprint density at radius 3 is 2.35 bits per heavy atom. The van der Waals surface area contributed by atoms with Crippen LogP contribution in [0.5, 0.6) is 5.88 Å². The summed E-state index contributed by atoms with van der Waals surface area (Å²) >= 11 is 0. The highest BCUT2D eigenvalue weighted by atomic mass is 16.3. The van der Waals surface area contributed by atoms with Gasteiger partial charge in [-0.3, -0.25) is 4.79 Å². The third kappa shape index (κ3) is 4.26. The van der Waals surface area contributed by atoms with Crippen LogP contribution in [0, 0.1) is 5.92 Å². The van der Waals surface area contributed by atoms with Crippen LogP contribution in [0.15, 0.2) is 89.1 Å². The van der Waals surface area contributed by atoms with Gasteiger partial charge in [0.2, 0.25) is 5.88 Å². The minimum absolute atomic E-state index is 0.0201. The van der Waals surface area contributed by atoms with Crippen LogP contribution in [-0.2, 0) is 16.8 Å². The van der Waals surface area contributed by atoms with Crippen LogP contribution in [0.4, 0.5) is 5.69 Å². The van der Waals surface area contributed by atoms with Gasteiger partial charge in [-0.05, 0) is 40.5 Å². The van der Waals surface area contributed by atoms with E-state index in [1.807, 2.05) is 54.6 Å². The summed E-state index contributed by atoms with van der Waals surface area (Å²) in [6.07, 6.45) is 0.786. The molecule has 5 nitrogen and oxygen atoms in total. The molecule has 5 heteroatoms. The van der Waals surface area contributed by atoms with Crippen molar-refractivity contribution in [2.75, 3.05) is 0 Å². The van der Waals surface area contributed by atoms with Crippen LogP contribution in [0.2, 0.25) is 0 Å². The van der Waals surface area contributed by atoms with Crippen molar-refractivity contribution in [2.45, 2.75) is 45.1 Å². The van der Waals surface area contributed by atoms with Gasteiger partial charge < -0.3 is 9.67 Å². The Balaban J connectivity index is 1.35. The van der Waals surface area contributed by atoms with Gasteiger partial charge >= 0.3 is 0 Å². The highest BCUT2D eigenvalue weighted by Gasteiger charge is 2.44. The molecule has 1 heterocycles. The Morgan fingerprint density at radius 2 is 1.65 bits per heavy atom. The van der Waals surface area contributed by atoms with E-state index < -0.39 is 0 Å². The SMILES string of the molecule is CC(C)(C)c1ccc([C@H]2C[C@@H]2C(=O)N=Nc2c(O)n(Cc3ccccc3)c3ccccc23)cc1. The molecular formula is C29H29N3O2. The third-order valence-corrected chi connectivity index (χ3v) is 6.66. The van der Waals surface area contributed by atoms with Crippen LogP contribution in [0.3, 0.4) is 0 Å². The van der Waals surface area contributed by atoms with E-state index in [9.17, 15) is 9.90 Å². The van der Waals surface area contributed by atoms with E-state index in [1.165, 1.54) is 11.1 Å². The van der Waals surface area contributed by atoms with Crippen LogP contribution >= 0.6 is 0 Å². The summed E-state index contributed by atoms with van der Waals surface area (Å²) in [6.45, 7) is 7.08. The summed E-state index contributed by atoms with van der Waals surface area (Å²) in [4.78, 5) is 12.8. The van der Waals surface area contributed by atoms with Gasteiger partial charge in [-0.15, -0.1) is 10.2 Å². The standard InChI is InChI=1S/C29H29N3O2/c1-29(2,3)21-15-13-20(14-16-21)23-17-24(23)27(33)31-30-26-22-11-7-8-12-25(22)32(28(26)34)18-19-9-5-4-6-10-19/h4-16,23-24,34H,17-18H2,1-3H3/t23-,24+/m1/s1. The molecule has 1 amide bonds. The van der Waals surface area contributed by atoms with E-state index in [4.69, 9.17) is 0 Å². The molecule has 0 bridgehead atoms. The first-order chi connectivity index (χ1) is 16.3. The molecule has 0 saturated heterocycles. The zero-order chi connectivity index (χ0) is 23.9. The van der Waals surface area contributed by atoms with Gasteiger partial charge in [0, 0.05) is 11.3 Å². The molecule has 0 aliphatic heterocycles. The second-order valence-corrected chi connectivity index (χ2v) is 10.1. The average molecular weight is 452 g/mol. The lowest BCUT2D eigenvalue weighted by molar-refractivity contribution is -0.119.